The summed E-state index contributed by atoms with van der Waals surface area (Å²) >= 11 is 1.92. The number of hydrazine groups is 1. The van der Waals surface area contributed by atoms with E-state index in [1.165, 1.54) is 26.8 Å². The Balaban J connectivity index is 1.45. The van der Waals surface area contributed by atoms with Crippen molar-refractivity contribution < 1.29 is 0 Å². The molecule has 3 aliphatic heterocycles. The summed E-state index contributed by atoms with van der Waals surface area (Å²) in [4.78, 5) is 11.3. The maximum absolute atomic E-state index is 4.87. The van der Waals surface area contributed by atoms with Crippen LogP contribution in [0.4, 0.5) is 0 Å². The molecule has 108 valence electrons. The van der Waals surface area contributed by atoms with Crippen LogP contribution in [0.2, 0.25) is 0 Å². The number of likely N-dealkylation sites (N-methyl/N-ethyl adjacent to an activating group) is 1. The molecule has 4 rings (SSSR count). The van der Waals surface area contributed by atoms with Gasteiger partial charge in [-0.3, -0.25) is 4.90 Å². The zero-order valence-corrected chi connectivity index (χ0v) is 12.7. The highest BCUT2D eigenvalue weighted by molar-refractivity contribution is 7.11. The van der Waals surface area contributed by atoms with Crippen molar-refractivity contribution in [2.75, 3.05) is 33.2 Å². The molecular formula is C14H21N5S. The molecule has 0 saturated carbocycles. The smallest absolute Gasteiger partial charge is 0.107 e. The van der Waals surface area contributed by atoms with Crippen LogP contribution in [0.25, 0.3) is 0 Å². The summed E-state index contributed by atoms with van der Waals surface area (Å²) in [6.07, 6.45) is 2.25. The number of nitrogens with one attached hydrogen (secondary N) is 2. The maximum atomic E-state index is 4.87. The molecular weight excluding hydrogens is 270 g/mol. The van der Waals surface area contributed by atoms with Crippen molar-refractivity contribution in [1.82, 2.24) is 25.6 Å². The van der Waals surface area contributed by atoms with E-state index in [-0.39, 0.29) is 0 Å². The second-order valence-corrected chi connectivity index (χ2v) is 7.15. The van der Waals surface area contributed by atoms with Gasteiger partial charge in [-0.05, 0) is 12.6 Å². The van der Waals surface area contributed by atoms with Gasteiger partial charge in [-0.2, -0.15) is 0 Å². The summed E-state index contributed by atoms with van der Waals surface area (Å²) in [5, 5.41) is 1.30. The molecule has 1 aromatic heterocycles. The van der Waals surface area contributed by atoms with E-state index in [0.29, 0.717) is 0 Å². The fourth-order valence-electron chi connectivity index (χ4n) is 3.23. The van der Waals surface area contributed by atoms with Crippen molar-refractivity contribution in [3.05, 3.63) is 26.8 Å². The van der Waals surface area contributed by atoms with E-state index in [9.17, 15) is 0 Å². The molecule has 6 heteroatoms. The second-order valence-electron chi connectivity index (χ2n) is 5.99. The van der Waals surface area contributed by atoms with E-state index >= 15 is 0 Å². The van der Waals surface area contributed by atoms with Gasteiger partial charge in [-0.25, -0.2) is 10.4 Å². The van der Waals surface area contributed by atoms with Gasteiger partial charge in [0.25, 0.3) is 0 Å². The molecule has 0 radical (unpaired) electrons. The molecule has 0 bridgehead atoms. The number of rotatable bonds is 2. The summed E-state index contributed by atoms with van der Waals surface area (Å²) in [6, 6.07) is 0. The van der Waals surface area contributed by atoms with E-state index < -0.39 is 0 Å². The Bertz CT molecular complexity index is 550. The first-order valence-corrected chi connectivity index (χ1v) is 8.18. The zero-order valence-electron chi connectivity index (χ0n) is 11.9. The van der Waals surface area contributed by atoms with Crippen LogP contribution < -0.4 is 10.9 Å². The largest absolute Gasteiger partial charge is 0.325 e. The Morgan fingerprint density at radius 3 is 3.15 bits per heavy atom. The van der Waals surface area contributed by atoms with Gasteiger partial charge in [0, 0.05) is 56.1 Å². The van der Waals surface area contributed by atoms with Gasteiger partial charge < -0.3 is 10.3 Å². The minimum Gasteiger partial charge on any atom is -0.325 e. The third-order valence-electron chi connectivity index (χ3n) is 4.39. The molecule has 0 aliphatic carbocycles. The summed E-state index contributed by atoms with van der Waals surface area (Å²) < 4.78 is 0. The number of hydrogen-bond acceptors (Lipinski definition) is 6. The van der Waals surface area contributed by atoms with Gasteiger partial charge in [-0.15, -0.1) is 11.3 Å². The topological polar surface area (TPSA) is 43.4 Å². The van der Waals surface area contributed by atoms with Gasteiger partial charge in [0.05, 0.1) is 12.2 Å². The molecule has 0 aromatic carbocycles. The van der Waals surface area contributed by atoms with Crippen molar-refractivity contribution >= 4 is 11.3 Å². The van der Waals surface area contributed by atoms with Crippen LogP contribution in [0.5, 0.6) is 0 Å². The molecule has 5 nitrogen and oxygen atoms in total. The molecule has 0 amide bonds. The van der Waals surface area contributed by atoms with E-state index in [1.54, 1.807) is 0 Å². The molecule has 4 heterocycles. The first kappa shape index (κ1) is 12.8. The molecule has 20 heavy (non-hydrogen) atoms. The lowest BCUT2D eigenvalue weighted by Crippen LogP contribution is -2.32. The number of nitrogens with zero attached hydrogens (tertiary/aromatic N) is 3. The van der Waals surface area contributed by atoms with Crippen LogP contribution in [-0.2, 0) is 19.5 Å². The predicted octanol–water partition coefficient (Wildman–Crippen LogP) is 0.699. The standard InChI is InChI=1S/C14H21N5S/c1-18-4-2-12-13(8-18)20-14(16-12)9-19-5-3-11-10(7-19)6-15-17-11/h15,17H,2-9H2,1H3. The van der Waals surface area contributed by atoms with Gasteiger partial charge in [0.1, 0.15) is 5.01 Å². The van der Waals surface area contributed by atoms with Crippen LogP contribution in [0, 0.1) is 0 Å². The molecule has 0 unspecified atom stereocenters. The minimum absolute atomic E-state index is 0.991. The van der Waals surface area contributed by atoms with Gasteiger partial charge in [0.2, 0.25) is 0 Å². The lowest BCUT2D eigenvalue weighted by atomic mass is 10.1. The van der Waals surface area contributed by atoms with E-state index in [0.717, 1.165) is 52.1 Å². The average Bonchev–Trinajstić information content (AvgIpc) is 3.03. The van der Waals surface area contributed by atoms with Crippen molar-refractivity contribution in [3.63, 3.8) is 0 Å². The molecule has 0 spiro atoms. The predicted molar refractivity (Wildman–Crippen MR) is 80.2 cm³/mol. The SMILES string of the molecule is CN1CCc2nc(CN3CCC4=C(CNN4)C3)sc2C1. The quantitative estimate of drug-likeness (QED) is 0.840. The Kier molecular flexibility index (Phi) is 3.26. The zero-order chi connectivity index (χ0) is 13.5. The molecule has 2 N–H and O–H groups in total. The minimum atomic E-state index is 0.991. The van der Waals surface area contributed by atoms with Crippen LogP contribution in [0.15, 0.2) is 11.3 Å². The molecule has 0 atom stereocenters. The fourth-order valence-corrected chi connectivity index (χ4v) is 4.47. The van der Waals surface area contributed by atoms with E-state index in [2.05, 4.69) is 27.7 Å². The van der Waals surface area contributed by atoms with Gasteiger partial charge in [-0.1, -0.05) is 0 Å². The third-order valence-corrected chi connectivity index (χ3v) is 5.45. The number of fused-ring (bicyclic) bond motifs is 1. The first-order chi connectivity index (χ1) is 9.78. The van der Waals surface area contributed by atoms with Crippen molar-refractivity contribution in [2.45, 2.75) is 25.9 Å². The second kappa shape index (κ2) is 5.11. The normalized spacial score (nSPS) is 23.6. The van der Waals surface area contributed by atoms with Crippen LogP contribution >= 0.6 is 11.3 Å². The summed E-state index contributed by atoms with van der Waals surface area (Å²) in [5.74, 6) is 0. The van der Waals surface area contributed by atoms with Crippen LogP contribution in [0.1, 0.15) is 22.0 Å². The Labute approximate surface area is 123 Å². The highest BCUT2D eigenvalue weighted by Crippen LogP contribution is 2.26. The number of hydrogen-bond donors (Lipinski definition) is 2. The van der Waals surface area contributed by atoms with Crippen molar-refractivity contribution in [1.29, 1.82) is 0 Å². The summed E-state index contributed by atoms with van der Waals surface area (Å²) in [5.41, 5.74) is 10.8. The molecule has 3 aliphatic rings. The lowest BCUT2D eigenvalue weighted by Gasteiger charge is -2.26. The number of thiazole rings is 1. The van der Waals surface area contributed by atoms with Crippen LogP contribution in [0.3, 0.4) is 0 Å². The van der Waals surface area contributed by atoms with Gasteiger partial charge in [0.15, 0.2) is 0 Å². The monoisotopic (exact) mass is 291 g/mol. The first-order valence-electron chi connectivity index (χ1n) is 7.36. The Hall–Kier alpha value is -0.950. The maximum Gasteiger partial charge on any atom is 0.107 e. The Morgan fingerprint density at radius 1 is 1.25 bits per heavy atom. The average molecular weight is 291 g/mol. The molecule has 1 aromatic rings. The number of aromatic nitrogens is 1. The highest BCUT2D eigenvalue weighted by atomic mass is 32.1. The third kappa shape index (κ3) is 2.37. The van der Waals surface area contributed by atoms with Gasteiger partial charge >= 0.3 is 0 Å². The van der Waals surface area contributed by atoms with Crippen molar-refractivity contribution in [3.8, 4) is 0 Å². The summed E-state index contributed by atoms with van der Waals surface area (Å²) in [6.45, 7) is 6.45. The van der Waals surface area contributed by atoms with Crippen molar-refractivity contribution in [2.24, 2.45) is 0 Å². The fraction of sp³-hybridized carbons (Fsp3) is 0.643. The Morgan fingerprint density at radius 2 is 2.20 bits per heavy atom. The van der Waals surface area contributed by atoms with E-state index in [4.69, 9.17) is 4.98 Å². The molecule has 0 saturated heterocycles. The van der Waals surface area contributed by atoms with Crippen LogP contribution in [-0.4, -0.2) is 48.0 Å². The summed E-state index contributed by atoms with van der Waals surface area (Å²) in [7, 11) is 2.20. The highest BCUT2D eigenvalue weighted by Gasteiger charge is 2.24. The van der Waals surface area contributed by atoms with E-state index in [1.807, 2.05) is 11.3 Å². The lowest BCUT2D eigenvalue weighted by molar-refractivity contribution is 0.276. The molecule has 0 fully saturated rings.